The first-order valence-electron chi connectivity index (χ1n) is 14.0. The Morgan fingerprint density at radius 3 is 2.32 bits per heavy atom. The molecule has 0 aromatic heterocycles. The second-order valence-corrected chi connectivity index (χ2v) is 15.6. The molecule has 4 saturated carbocycles. The van der Waals surface area contributed by atoms with Crippen LogP contribution in [-0.2, 0) is 29.5 Å². The first-order chi connectivity index (χ1) is 17.1. The fourth-order valence-corrected chi connectivity index (χ4v) is 10.3. The predicted octanol–water partition coefficient (Wildman–Crippen LogP) is 4.25. The molecule has 3 N–H and O–H groups in total. The zero-order valence-electron chi connectivity index (χ0n) is 22.4. The summed E-state index contributed by atoms with van der Waals surface area (Å²) in [6.07, 6.45) is 10.1. The lowest BCUT2D eigenvalue weighted by Gasteiger charge is -2.61. The van der Waals surface area contributed by atoms with Gasteiger partial charge in [-0.2, -0.15) is 16.8 Å². The lowest BCUT2D eigenvalue weighted by atomic mass is 9.44. The van der Waals surface area contributed by atoms with Gasteiger partial charge in [-0.3, -0.25) is 13.9 Å². The van der Waals surface area contributed by atoms with Crippen molar-refractivity contribution in [3.8, 4) is 0 Å². The summed E-state index contributed by atoms with van der Waals surface area (Å²) in [4.78, 5) is 12.2. The SMILES string of the molecule is C[C@H](CCC(=O)NCCS(=O)(=O)O)[C@H]1CC[C@@H]2[C@H]3CC[C@@H]4C[C@H](OS(=O)(=O)O)CC[C@]4(C)[C@@H]3CC[C@@]21C. The van der Waals surface area contributed by atoms with Crippen LogP contribution in [0.1, 0.15) is 91.4 Å². The summed E-state index contributed by atoms with van der Waals surface area (Å²) in [5, 5.41) is 2.60. The van der Waals surface area contributed by atoms with Crippen molar-refractivity contribution in [3.63, 3.8) is 0 Å². The molecule has 11 heteroatoms. The standard InChI is InChI=1S/C26H45NO8S2/c1-17(4-9-24(28)27-14-15-36(29,30)31)21-7-8-22-20-6-5-18-16-19(35-37(32,33)34)10-12-25(18,2)23(20)11-13-26(21,22)3/h17-23H,4-16H2,1-3H3,(H,27,28)(H,29,30,31)(H,32,33,34)/t17-,18-,19-,20-,21-,22-,23-,25+,26-/m1/s1. The largest absolute Gasteiger partial charge is 0.397 e. The molecule has 37 heavy (non-hydrogen) atoms. The van der Waals surface area contributed by atoms with E-state index in [1.54, 1.807) is 0 Å². The van der Waals surface area contributed by atoms with E-state index in [-0.39, 0.29) is 23.3 Å². The Bertz CT molecular complexity index is 1060. The van der Waals surface area contributed by atoms with E-state index in [0.29, 0.717) is 54.8 Å². The third-order valence-electron chi connectivity index (χ3n) is 11.1. The Hall–Kier alpha value is -0.750. The number of nitrogens with one attached hydrogen (secondary N) is 1. The van der Waals surface area contributed by atoms with Gasteiger partial charge in [0.05, 0.1) is 11.9 Å². The van der Waals surface area contributed by atoms with Gasteiger partial charge in [-0.15, -0.1) is 0 Å². The first-order valence-corrected chi connectivity index (χ1v) is 17.0. The molecule has 9 nitrogen and oxygen atoms in total. The van der Waals surface area contributed by atoms with Gasteiger partial charge in [0.1, 0.15) is 0 Å². The van der Waals surface area contributed by atoms with Crippen molar-refractivity contribution in [2.24, 2.45) is 46.3 Å². The molecule has 0 radical (unpaired) electrons. The van der Waals surface area contributed by atoms with Gasteiger partial charge in [0, 0.05) is 13.0 Å². The van der Waals surface area contributed by atoms with Crippen LogP contribution in [0.2, 0.25) is 0 Å². The van der Waals surface area contributed by atoms with E-state index in [0.717, 1.165) is 19.3 Å². The molecular formula is C26H45NO8S2. The highest BCUT2D eigenvalue weighted by Gasteiger charge is 2.60. The maximum Gasteiger partial charge on any atom is 0.397 e. The van der Waals surface area contributed by atoms with Crippen molar-refractivity contribution in [2.45, 2.75) is 97.5 Å². The number of amides is 1. The first kappa shape index (κ1) is 29.2. The van der Waals surface area contributed by atoms with Crippen LogP contribution >= 0.6 is 0 Å². The highest BCUT2D eigenvalue weighted by molar-refractivity contribution is 7.85. The van der Waals surface area contributed by atoms with E-state index in [1.165, 1.54) is 32.1 Å². The molecule has 214 valence electrons. The molecule has 0 heterocycles. The third kappa shape index (κ3) is 6.36. The highest BCUT2D eigenvalue weighted by Crippen LogP contribution is 2.68. The average molecular weight is 564 g/mol. The minimum atomic E-state index is -4.42. The van der Waals surface area contributed by atoms with Crippen molar-refractivity contribution < 1.29 is 34.9 Å². The summed E-state index contributed by atoms with van der Waals surface area (Å²) >= 11 is 0. The van der Waals surface area contributed by atoms with Gasteiger partial charge < -0.3 is 5.32 Å². The van der Waals surface area contributed by atoms with E-state index in [2.05, 4.69) is 26.1 Å². The molecule has 0 unspecified atom stereocenters. The van der Waals surface area contributed by atoms with E-state index >= 15 is 0 Å². The Morgan fingerprint density at radius 1 is 0.973 bits per heavy atom. The molecule has 4 aliphatic carbocycles. The molecule has 0 aliphatic heterocycles. The summed E-state index contributed by atoms with van der Waals surface area (Å²) in [5.74, 6) is 2.75. The van der Waals surface area contributed by atoms with E-state index in [9.17, 15) is 21.6 Å². The van der Waals surface area contributed by atoms with Crippen LogP contribution in [0, 0.1) is 46.3 Å². The van der Waals surface area contributed by atoms with Crippen molar-refractivity contribution in [2.75, 3.05) is 12.3 Å². The minimum Gasteiger partial charge on any atom is -0.355 e. The number of carbonyl (C=O) groups is 1. The Morgan fingerprint density at radius 2 is 1.65 bits per heavy atom. The molecule has 0 aromatic rings. The van der Waals surface area contributed by atoms with Gasteiger partial charge >= 0.3 is 10.4 Å². The molecule has 0 aromatic carbocycles. The fourth-order valence-electron chi connectivity index (χ4n) is 9.42. The zero-order chi connectivity index (χ0) is 27.2. The van der Waals surface area contributed by atoms with Gasteiger partial charge in [-0.05, 0) is 111 Å². The summed E-state index contributed by atoms with van der Waals surface area (Å²) < 4.78 is 67.2. The molecule has 1 amide bonds. The normalized spacial score (nSPS) is 40.8. The van der Waals surface area contributed by atoms with E-state index in [4.69, 9.17) is 13.3 Å². The summed E-state index contributed by atoms with van der Waals surface area (Å²) in [7, 11) is -8.49. The Kier molecular flexibility index (Phi) is 8.43. The molecule has 0 saturated heterocycles. The van der Waals surface area contributed by atoms with Crippen LogP contribution in [0.4, 0.5) is 0 Å². The molecule has 4 rings (SSSR count). The van der Waals surface area contributed by atoms with Crippen LogP contribution < -0.4 is 5.32 Å². The number of fused-ring (bicyclic) bond motifs is 5. The molecule has 4 fully saturated rings. The highest BCUT2D eigenvalue weighted by atomic mass is 32.3. The van der Waals surface area contributed by atoms with Crippen molar-refractivity contribution >= 4 is 26.4 Å². The van der Waals surface area contributed by atoms with Crippen LogP contribution in [-0.4, -0.2) is 50.2 Å². The predicted molar refractivity (Wildman–Crippen MR) is 139 cm³/mol. The van der Waals surface area contributed by atoms with E-state index in [1.807, 2.05) is 0 Å². The number of hydrogen-bond acceptors (Lipinski definition) is 6. The monoisotopic (exact) mass is 563 g/mol. The lowest BCUT2D eigenvalue weighted by molar-refractivity contribution is -0.127. The maximum atomic E-state index is 12.2. The number of carbonyl (C=O) groups excluding carboxylic acids is 1. The molecule has 4 aliphatic rings. The summed E-state index contributed by atoms with van der Waals surface area (Å²) in [6.45, 7) is 7.07. The van der Waals surface area contributed by atoms with Crippen LogP contribution in [0.25, 0.3) is 0 Å². The van der Waals surface area contributed by atoms with Crippen LogP contribution in [0.3, 0.4) is 0 Å². The third-order valence-corrected chi connectivity index (χ3v) is 12.4. The Labute approximate surface area is 222 Å². The lowest BCUT2D eigenvalue weighted by Crippen LogP contribution is -2.54. The van der Waals surface area contributed by atoms with Gasteiger partial charge in [-0.1, -0.05) is 20.8 Å². The van der Waals surface area contributed by atoms with E-state index < -0.39 is 32.4 Å². The van der Waals surface area contributed by atoms with Gasteiger partial charge in [0.25, 0.3) is 10.1 Å². The quantitative estimate of drug-likeness (QED) is 0.353. The second kappa shape index (κ2) is 10.7. The minimum absolute atomic E-state index is 0.0687. The molecule has 9 atom stereocenters. The molecular weight excluding hydrogens is 518 g/mol. The number of hydrogen-bond donors (Lipinski definition) is 3. The topological polar surface area (TPSA) is 147 Å². The number of rotatable bonds is 9. The van der Waals surface area contributed by atoms with Gasteiger partial charge in [-0.25, -0.2) is 4.18 Å². The van der Waals surface area contributed by atoms with Crippen molar-refractivity contribution in [1.82, 2.24) is 5.32 Å². The van der Waals surface area contributed by atoms with Gasteiger partial charge in [0.2, 0.25) is 5.91 Å². The second-order valence-electron chi connectivity index (χ2n) is 13.0. The van der Waals surface area contributed by atoms with Gasteiger partial charge in [0.15, 0.2) is 0 Å². The zero-order valence-corrected chi connectivity index (χ0v) is 24.0. The maximum absolute atomic E-state index is 12.2. The van der Waals surface area contributed by atoms with Crippen LogP contribution in [0.15, 0.2) is 0 Å². The fraction of sp³-hybridized carbons (Fsp3) is 0.962. The Balaban J connectivity index is 1.35. The average Bonchev–Trinajstić information content (AvgIpc) is 3.13. The molecule has 0 bridgehead atoms. The van der Waals surface area contributed by atoms with Crippen LogP contribution in [0.5, 0.6) is 0 Å². The van der Waals surface area contributed by atoms with Crippen molar-refractivity contribution in [3.05, 3.63) is 0 Å². The summed E-state index contributed by atoms with van der Waals surface area (Å²) in [6, 6.07) is 0. The van der Waals surface area contributed by atoms with Crippen molar-refractivity contribution in [1.29, 1.82) is 0 Å². The molecule has 0 spiro atoms. The summed E-state index contributed by atoms with van der Waals surface area (Å²) in [5.41, 5.74) is 0.448. The smallest absolute Gasteiger partial charge is 0.355 e.